The quantitative estimate of drug-likeness (QED) is 0.459. The van der Waals surface area contributed by atoms with Crippen LogP contribution >= 0.6 is 0 Å². The fraction of sp³-hybridized carbons (Fsp3) is 0.241. The number of carbonyl (C=O) groups is 2. The SMILES string of the molecule is CC1(C)CC(=O)C2=C(C1)Nc1ccccc1N(CC(=O)Nc1cccc(F)c1)[C@@H]2c1ccc(F)cc1. The Morgan fingerprint density at radius 2 is 1.75 bits per heavy atom. The van der Waals surface area contributed by atoms with E-state index in [2.05, 4.69) is 24.5 Å². The number of halogens is 2. The zero-order chi connectivity index (χ0) is 25.4. The van der Waals surface area contributed by atoms with Crippen LogP contribution in [0.5, 0.6) is 0 Å². The summed E-state index contributed by atoms with van der Waals surface area (Å²) in [7, 11) is 0. The summed E-state index contributed by atoms with van der Waals surface area (Å²) in [6.45, 7) is 4.01. The first-order chi connectivity index (χ1) is 17.2. The van der Waals surface area contributed by atoms with Crippen molar-refractivity contribution < 1.29 is 18.4 Å². The number of hydrogen-bond donors (Lipinski definition) is 2. The molecule has 3 aromatic rings. The lowest BCUT2D eigenvalue weighted by Gasteiger charge is -2.37. The topological polar surface area (TPSA) is 61.4 Å². The number of carbonyl (C=O) groups excluding carboxylic acids is 2. The number of para-hydroxylation sites is 2. The molecule has 184 valence electrons. The number of nitrogens with zero attached hydrogens (tertiary/aromatic N) is 1. The number of amides is 1. The maximum Gasteiger partial charge on any atom is 0.243 e. The highest BCUT2D eigenvalue weighted by Gasteiger charge is 2.41. The van der Waals surface area contributed by atoms with Crippen molar-refractivity contribution in [2.45, 2.75) is 32.7 Å². The number of rotatable bonds is 4. The summed E-state index contributed by atoms with van der Waals surface area (Å²) in [5.74, 6) is -1.21. The normalized spacial score (nSPS) is 18.6. The highest BCUT2D eigenvalue weighted by molar-refractivity contribution is 6.02. The van der Waals surface area contributed by atoms with Crippen molar-refractivity contribution in [3.63, 3.8) is 0 Å². The highest BCUT2D eigenvalue weighted by atomic mass is 19.1. The number of fused-ring (bicyclic) bond motifs is 1. The number of anilines is 3. The average Bonchev–Trinajstić information content (AvgIpc) is 2.93. The van der Waals surface area contributed by atoms with Crippen molar-refractivity contribution in [3.8, 4) is 0 Å². The Morgan fingerprint density at radius 1 is 1.00 bits per heavy atom. The molecule has 0 aromatic heterocycles. The molecule has 3 aromatic carbocycles. The number of Topliss-reactive ketones (excluding diaryl/α,β-unsaturated/α-hetero) is 1. The van der Waals surface area contributed by atoms with Gasteiger partial charge >= 0.3 is 0 Å². The summed E-state index contributed by atoms with van der Waals surface area (Å²) in [6, 6.07) is 18.7. The van der Waals surface area contributed by atoms with Crippen molar-refractivity contribution in [1.29, 1.82) is 0 Å². The Kier molecular flexibility index (Phi) is 6.08. The molecule has 0 spiro atoms. The number of nitrogens with one attached hydrogen (secondary N) is 2. The molecule has 2 N–H and O–H groups in total. The van der Waals surface area contributed by atoms with Gasteiger partial charge in [0.2, 0.25) is 5.91 Å². The van der Waals surface area contributed by atoms with Crippen LogP contribution in [0.1, 0.15) is 38.3 Å². The summed E-state index contributed by atoms with van der Waals surface area (Å²) in [4.78, 5) is 28.7. The Bertz CT molecular complexity index is 1360. The molecule has 1 heterocycles. The van der Waals surface area contributed by atoms with E-state index in [4.69, 9.17) is 0 Å². The van der Waals surface area contributed by atoms with Gasteiger partial charge < -0.3 is 15.5 Å². The Hall–Kier alpha value is -4.00. The van der Waals surface area contributed by atoms with Gasteiger partial charge in [-0.2, -0.15) is 0 Å². The Labute approximate surface area is 208 Å². The minimum absolute atomic E-state index is 0.00794. The van der Waals surface area contributed by atoms with Gasteiger partial charge in [-0.25, -0.2) is 8.78 Å². The van der Waals surface area contributed by atoms with Gasteiger partial charge in [-0.3, -0.25) is 9.59 Å². The Balaban J connectivity index is 1.63. The monoisotopic (exact) mass is 487 g/mol. The third kappa shape index (κ3) is 4.73. The maximum atomic E-state index is 13.9. The van der Waals surface area contributed by atoms with E-state index in [9.17, 15) is 18.4 Å². The maximum absolute atomic E-state index is 13.9. The first-order valence-corrected chi connectivity index (χ1v) is 11.9. The zero-order valence-corrected chi connectivity index (χ0v) is 20.1. The van der Waals surface area contributed by atoms with Crippen LogP contribution < -0.4 is 15.5 Å². The van der Waals surface area contributed by atoms with E-state index in [1.54, 1.807) is 18.2 Å². The van der Waals surface area contributed by atoms with Crippen LogP contribution in [-0.2, 0) is 9.59 Å². The molecule has 0 bridgehead atoms. The zero-order valence-electron chi connectivity index (χ0n) is 20.1. The van der Waals surface area contributed by atoms with Crippen LogP contribution in [0.2, 0.25) is 0 Å². The number of allylic oxidation sites excluding steroid dienone is 1. The molecule has 0 saturated heterocycles. The van der Waals surface area contributed by atoms with Gasteiger partial charge in [0.25, 0.3) is 0 Å². The first-order valence-electron chi connectivity index (χ1n) is 11.9. The van der Waals surface area contributed by atoms with Crippen molar-refractivity contribution in [1.82, 2.24) is 0 Å². The summed E-state index contributed by atoms with van der Waals surface area (Å²) in [5.41, 5.74) is 3.72. The highest BCUT2D eigenvalue weighted by Crippen LogP contribution is 2.48. The number of benzene rings is 3. The molecule has 1 aliphatic heterocycles. The lowest BCUT2D eigenvalue weighted by Crippen LogP contribution is -2.40. The van der Waals surface area contributed by atoms with Gasteiger partial charge in [-0.15, -0.1) is 0 Å². The van der Waals surface area contributed by atoms with Gasteiger partial charge in [0, 0.05) is 23.4 Å². The van der Waals surface area contributed by atoms with E-state index >= 15 is 0 Å². The lowest BCUT2D eigenvalue weighted by atomic mass is 9.73. The van der Waals surface area contributed by atoms with Gasteiger partial charge in [0.05, 0.1) is 24.0 Å². The summed E-state index contributed by atoms with van der Waals surface area (Å²) < 4.78 is 27.6. The van der Waals surface area contributed by atoms with Crippen molar-refractivity contribution in [2.75, 3.05) is 22.1 Å². The molecule has 1 amide bonds. The molecular weight excluding hydrogens is 460 g/mol. The Morgan fingerprint density at radius 3 is 2.50 bits per heavy atom. The van der Waals surface area contributed by atoms with Crippen LogP contribution in [0.3, 0.4) is 0 Å². The fourth-order valence-corrected chi connectivity index (χ4v) is 5.14. The minimum atomic E-state index is -0.612. The molecule has 1 atom stereocenters. The molecule has 5 nitrogen and oxygen atoms in total. The first kappa shape index (κ1) is 23.7. The van der Waals surface area contributed by atoms with Crippen molar-refractivity contribution >= 4 is 28.8 Å². The molecular formula is C29H27F2N3O2. The molecule has 2 aliphatic rings. The molecule has 0 radical (unpaired) electrons. The largest absolute Gasteiger partial charge is 0.357 e. The van der Waals surface area contributed by atoms with E-state index in [0.717, 1.165) is 17.1 Å². The third-order valence-corrected chi connectivity index (χ3v) is 6.61. The van der Waals surface area contributed by atoms with Crippen LogP contribution in [0, 0.1) is 17.0 Å². The molecule has 0 fully saturated rings. The second-order valence-corrected chi connectivity index (χ2v) is 10.1. The van der Waals surface area contributed by atoms with E-state index in [1.165, 1.54) is 30.3 Å². The number of hydrogen-bond acceptors (Lipinski definition) is 4. The van der Waals surface area contributed by atoms with Crippen molar-refractivity contribution in [2.24, 2.45) is 5.41 Å². The molecule has 0 saturated carbocycles. The van der Waals surface area contributed by atoms with E-state index in [-0.39, 0.29) is 29.5 Å². The summed E-state index contributed by atoms with van der Waals surface area (Å²) >= 11 is 0. The standard InChI is InChI=1S/C29H27F2N3O2/c1-29(2)15-23-27(25(35)16-29)28(18-10-12-19(30)13-11-18)34(24-9-4-3-8-22(24)33-23)17-26(36)32-21-7-5-6-20(31)14-21/h3-14,28,33H,15-17H2,1-2H3,(H,32,36)/t28-/m1/s1. The predicted octanol–water partition coefficient (Wildman–Crippen LogP) is 6.22. The number of ketones is 1. The van der Waals surface area contributed by atoms with E-state index < -0.39 is 11.9 Å². The molecule has 7 heteroatoms. The minimum Gasteiger partial charge on any atom is -0.357 e. The second kappa shape index (κ2) is 9.22. The van der Waals surface area contributed by atoms with E-state index in [1.807, 2.05) is 29.2 Å². The molecule has 0 unspecified atom stereocenters. The lowest BCUT2D eigenvalue weighted by molar-refractivity contribution is -0.119. The van der Waals surface area contributed by atoms with Crippen LogP contribution in [0.25, 0.3) is 0 Å². The van der Waals surface area contributed by atoms with Gasteiger partial charge in [0.15, 0.2) is 5.78 Å². The third-order valence-electron chi connectivity index (χ3n) is 6.61. The van der Waals surface area contributed by atoms with Gasteiger partial charge in [-0.1, -0.05) is 44.2 Å². The molecule has 1 aliphatic carbocycles. The fourth-order valence-electron chi connectivity index (χ4n) is 5.14. The summed E-state index contributed by atoms with van der Waals surface area (Å²) in [6.07, 6.45) is 1.02. The summed E-state index contributed by atoms with van der Waals surface area (Å²) in [5, 5.41) is 6.24. The van der Waals surface area contributed by atoms with E-state index in [0.29, 0.717) is 29.7 Å². The van der Waals surface area contributed by atoms with Gasteiger partial charge in [-0.05, 0) is 59.9 Å². The van der Waals surface area contributed by atoms with Crippen LogP contribution in [-0.4, -0.2) is 18.2 Å². The second-order valence-electron chi connectivity index (χ2n) is 10.1. The average molecular weight is 488 g/mol. The van der Waals surface area contributed by atoms with Gasteiger partial charge in [0.1, 0.15) is 11.6 Å². The molecule has 36 heavy (non-hydrogen) atoms. The van der Waals surface area contributed by atoms with Crippen molar-refractivity contribution in [3.05, 3.63) is 101 Å². The predicted molar refractivity (Wildman–Crippen MR) is 137 cm³/mol. The van der Waals surface area contributed by atoms with Crippen LogP contribution in [0.4, 0.5) is 25.8 Å². The molecule has 5 rings (SSSR count). The smallest absolute Gasteiger partial charge is 0.243 e. The van der Waals surface area contributed by atoms with Crippen LogP contribution in [0.15, 0.2) is 84.1 Å².